The van der Waals surface area contributed by atoms with Gasteiger partial charge in [-0.05, 0) is 68.3 Å². The van der Waals surface area contributed by atoms with E-state index in [2.05, 4.69) is 35.6 Å². The molecule has 2 heteroatoms. The lowest BCUT2D eigenvalue weighted by atomic mass is 9.61. The van der Waals surface area contributed by atoms with Gasteiger partial charge in [-0.2, -0.15) is 0 Å². The first kappa shape index (κ1) is 13.8. The van der Waals surface area contributed by atoms with Crippen LogP contribution in [0, 0.1) is 23.2 Å². The topological polar surface area (TPSA) is 12.0 Å². The molecule has 4 fully saturated rings. The summed E-state index contributed by atoms with van der Waals surface area (Å²) >= 11 is 5.89. The molecule has 0 aromatic heterocycles. The van der Waals surface area contributed by atoms with Crippen LogP contribution in [0.25, 0.3) is 0 Å². The second-order valence-corrected chi connectivity index (χ2v) is 8.11. The molecule has 1 N–H and O–H groups in total. The van der Waals surface area contributed by atoms with E-state index in [0.29, 0.717) is 5.41 Å². The van der Waals surface area contributed by atoms with E-state index >= 15 is 0 Å². The Morgan fingerprint density at radius 2 is 1.71 bits per heavy atom. The molecule has 0 unspecified atom stereocenters. The highest BCUT2D eigenvalue weighted by molar-refractivity contribution is 7.80. The van der Waals surface area contributed by atoms with Crippen molar-refractivity contribution in [2.45, 2.75) is 51.5 Å². The van der Waals surface area contributed by atoms with Crippen molar-refractivity contribution in [2.24, 2.45) is 23.2 Å². The minimum absolute atomic E-state index is 0.336. The molecule has 2 atom stereocenters. The maximum Gasteiger partial charge on any atom is 0.0818 e. The van der Waals surface area contributed by atoms with E-state index in [0.717, 1.165) is 24.3 Å². The average molecular weight is 299 g/mol. The number of thiocarbonyl (C=S) groups is 1. The van der Waals surface area contributed by atoms with Crippen LogP contribution < -0.4 is 5.32 Å². The zero-order valence-corrected chi connectivity index (χ0v) is 13.5. The second-order valence-electron chi connectivity index (χ2n) is 7.70. The Labute approximate surface area is 133 Å². The second kappa shape index (κ2) is 5.39. The summed E-state index contributed by atoms with van der Waals surface area (Å²) < 4.78 is 0. The molecule has 1 nitrogen and oxygen atoms in total. The van der Waals surface area contributed by atoms with Crippen molar-refractivity contribution in [2.75, 3.05) is 0 Å². The Morgan fingerprint density at radius 1 is 1.05 bits per heavy atom. The van der Waals surface area contributed by atoms with Gasteiger partial charge in [0, 0.05) is 12.0 Å². The Balaban J connectivity index is 1.48. The third kappa shape index (κ3) is 2.63. The minimum atomic E-state index is 0.336. The number of hydrogen-bond donors (Lipinski definition) is 1. The van der Waals surface area contributed by atoms with Gasteiger partial charge in [0.2, 0.25) is 0 Å². The van der Waals surface area contributed by atoms with Crippen molar-refractivity contribution in [1.82, 2.24) is 5.32 Å². The lowest BCUT2D eigenvalue weighted by Crippen LogP contribution is -2.44. The zero-order chi connectivity index (χ0) is 14.3. The number of rotatable bonds is 3. The van der Waals surface area contributed by atoms with E-state index in [1.165, 1.54) is 55.5 Å². The van der Waals surface area contributed by atoms with Gasteiger partial charge in [0.15, 0.2) is 0 Å². The number of hydrogen-bond acceptors (Lipinski definition) is 1. The van der Waals surface area contributed by atoms with E-state index in [4.69, 9.17) is 12.2 Å². The molecular formula is C19H25NS. The fourth-order valence-electron chi connectivity index (χ4n) is 5.41. The van der Waals surface area contributed by atoms with Gasteiger partial charge in [-0.1, -0.05) is 42.5 Å². The van der Waals surface area contributed by atoms with Gasteiger partial charge in [0.1, 0.15) is 0 Å². The Bertz CT molecular complexity index is 510. The summed E-state index contributed by atoms with van der Waals surface area (Å²) in [6.07, 6.45) is 9.94. The SMILES string of the molecule is S=C(NCc1ccccc1)C12CCC3C[C@@H](C[C@H](C3)C1)C2. The number of benzene rings is 1. The highest BCUT2D eigenvalue weighted by Crippen LogP contribution is 2.57. The van der Waals surface area contributed by atoms with Crippen LogP contribution in [0.15, 0.2) is 30.3 Å². The molecule has 0 saturated heterocycles. The molecule has 4 saturated carbocycles. The number of fused-ring (bicyclic) bond motifs is 1. The summed E-state index contributed by atoms with van der Waals surface area (Å²) in [7, 11) is 0. The van der Waals surface area contributed by atoms with Crippen LogP contribution >= 0.6 is 12.2 Å². The molecule has 4 aliphatic rings. The van der Waals surface area contributed by atoms with Crippen molar-refractivity contribution in [3.63, 3.8) is 0 Å². The van der Waals surface area contributed by atoms with E-state index in [9.17, 15) is 0 Å². The normalized spacial score (nSPS) is 37.2. The number of nitrogens with one attached hydrogen (secondary N) is 1. The average Bonchev–Trinajstić information content (AvgIpc) is 2.71. The maximum absolute atomic E-state index is 5.89. The van der Waals surface area contributed by atoms with E-state index in [1.807, 2.05) is 0 Å². The van der Waals surface area contributed by atoms with Gasteiger partial charge in [-0.25, -0.2) is 0 Å². The Kier molecular flexibility index (Phi) is 3.53. The van der Waals surface area contributed by atoms with Gasteiger partial charge >= 0.3 is 0 Å². The first-order chi connectivity index (χ1) is 10.2. The molecule has 0 amide bonds. The van der Waals surface area contributed by atoms with Gasteiger partial charge in [-0.3, -0.25) is 0 Å². The Morgan fingerprint density at radius 3 is 2.43 bits per heavy atom. The molecule has 21 heavy (non-hydrogen) atoms. The summed E-state index contributed by atoms with van der Waals surface area (Å²) in [4.78, 5) is 1.17. The molecule has 0 aliphatic heterocycles. The van der Waals surface area contributed by atoms with E-state index in [1.54, 1.807) is 0 Å². The molecular weight excluding hydrogens is 274 g/mol. The molecule has 112 valence electrons. The maximum atomic E-state index is 5.89. The van der Waals surface area contributed by atoms with Gasteiger partial charge in [-0.15, -0.1) is 0 Å². The van der Waals surface area contributed by atoms with Crippen molar-refractivity contribution in [1.29, 1.82) is 0 Å². The molecule has 1 aromatic carbocycles. The summed E-state index contributed by atoms with van der Waals surface area (Å²) in [5.74, 6) is 2.93. The van der Waals surface area contributed by atoms with Crippen molar-refractivity contribution in [3.05, 3.63) is 35.9 Å². The molecule has 0 heterocycles. The quantitative estimate of drug-likeness (QED) is 0.811. The fraction of sp³-hybridized carbons (Fsp3) is 0.632. The molecule has 1 aromatic rings. The van der Waals surface area contributed by atoms with Crippen LogP contribution in [0.5, 0.6) is 0 Å². The predicted molar refractivity (Wildman–Crippen MR) is 91.1 cm³/mol. The third-order valence-corrected chi connectivity index (χ3v) is 6.74. The summed E-state index contributed by atoms with van der Waals surface area (Å²) in [5.41, 5.74) is 1.67. The summed E-state index contributed by atoms with van der Waals surface area (Å²) in [6, 6.07) is 10.7. The van der Waals surface area contributed by atoms with Crippen molar-refractivity contribution < 1.29 is 0 Å². The van der Waals surface area contributed by atoms with Crippen LogP contribution in [0.3, 0.4) is 0 Å². The van der Waals surface area contributed by atoms with Gasteiger partial charge in [0.05, 0.1) is 4.99 Å². The van der Waals surface area contributed by atoms with Crippen LogP contribution in [-0.2, 0) is 6.54 Å². The largest absolute Gasteiger partial charge is 0.375 e. The molecule has 4 bridgehead atoms. The fourth-order valence-corrected chi connectivity index (χ4v) is 5.75. The third-order valence-electron chi connectivity index (χ3n) is 6.17. The summed E-state index contributed by atoms with van der Waals surface area (Å²) in [5, 5.41) is 3.61. The van der Waals surface area contributed by atoms with Crippen molar-refractivity contribution in [3.8, 4) is 0 Å². The van der Waals surface area contributed by atoms with Crippen LogP contribution in [-0.4, -0.2) is 4.99 Å². The van der Waals surface area contributed by atoms with Crippen LogP contribution in [0.4, 0.5) is 0 Å². The lowest BCUT2D eigenvalue weighted by Gasteiger charge is -2.45. The van der Waals surface area contributed by atoms with Crippen LogP contribution in [0.2, 0.25) is 0 Å². The smallest absolute Gasteiger partial charge is 0.0818 e. The van der Waals surface area contributed by atoms with Gasteiger partial charge < -0.3 is 5.32 Å². The molecule has 0 radical (unpaired) electrons. The Hall–Kier alpha value is -0.890. The summed E-state index contributed by atoms with van der Waals surface area (Å²) in [6.45, 7) is 0.889. The van der Waals surface area contributed by atoms with Crippen molar-refractivity contribution >= 4 is 17.2 Å². The minimum Gasteiger partial charge on any atom is -0.375 e. The highest BCUT2D eigenvalue weighted by Gasteiger charge is 2.49. The molecule has 4 aliphatic carbocycles. The van der Waals surface area contributed by atoms with E-state index < -0.39 is 0 Å². The van der Waals surface area contributed by atoms with Gasteiger partial charge in [0.25, 0.3) is 0 Å². The monoisotopic (exact) mass is 299 g/mol. The first-order valence-corrected chi connectivity index (χ1v) is 8.97. The zero-order valence-electron chi connectivity index (χ0n) is 12.7. The predicted octanol–water partition coefficient (Wildman–Crippen LogP) is 4.71. The van der Waals surface area contributed by atoms with Crippen LogP contribution in [0.1, 0.15) is 50.5 Å². The molecule has 0 spiro atoms. The van der Waals surface area contributed by atoms with E-state index in [-0.39, 0.29) is 0 Å². The molecule has 5 rings (SSSR count). The highest BCUT2D eigenvalue weighted by atomic mass is 32.1. The standard InChI is InChI=1S/C19H25NS/c21-18(20-13-14-4-2-1-3-5-14)19-7-6-15-8-16(11-19)10-17(9-15)12-19/h1-5,15-17H,6-13H2,(H,20,21)/t15?,16-,17-,19?/m0/s1. The first-order valence-electron chi connectivity index (χ1n) is 8.56. The lowest BCUT2D eigenvalue weighted by molar-refractivity contribution is 0.107.